The molecule has 1 aromatic heterocycles. The molecule has 1 saturated carbocycles. The van der Waals surface area contributed by atoms with Gasteiger partial charge in [-0.2, -0.15) is 5.10 Å². The quantitative estimate of drug-likeness (QED) is 0.497. The van der Waals surface area contributed by atoms with Gasteiger partial charge in [-0.1, -0.05) is 48.5 Å². The highest BCUT2D eigenvalue weighted by atomic mass is 16.5. The van der Waals surface area contributed by atoms with E-state index in [1.807, 2.05) is 36.4 Å². The minimum atomic E-state index is -1.20. The summed E-state index contributed by atoms with van der Waals surface area (Å²) in [6.45, 7) is 0.143. The second-order valence-corrected chi connectivity index (χ2v) is 8.61. The standard InChI is InChI=1S/C25H24N4O5/c1-29-22(19(12-26-29)24(31)32)28-23(30)21(14-10-11-14)27-25(33)34-13-20-17-8-4-2-6-15(17)16-7-3-5-9-18(16)20/h2-9,12,14,20-21H,10-11,13H2,1H3,(H,27,33)(H,28,30)(H,31,32). The molecule has 5 rings (SSSR count). The zero-order valence-corrected chi connectivity index (χ0v) is 18.5. The average molecular weight is 460 g/mol. The van der Waals surface area contributed by atoms with Crippen molar-refractivity contribution in [1.29, 1.82) is 0 Å². The Kier molecular flexibility index (Phi) is 5.53. The van der Waals surface area contributed by atoms with Gasteiger partial charge in [0.1, 0.15) is 24.0 Å². The maximum Gasteiger partial charge on any atom is 0.407 e. The van der Waals surface area contributed by atoms with Crippen LogP contribution in [-0.4, -0.2) is 45.5 Å². The van der Waals surface area contributed by atoms with Crippen LogP contribution < -0.4 is 10.6 Å². The SMILES string of the molecule is Cn1ncc(C(=O)O)c1NC(=O)C(NC(=O)OCC1c2ccccc2-c2ccccc21)C1CC1. The summed E-state index contributed by atoms with van der Waals surface area (Å²) in [7, 11) is 1.53. The fraction of sp³-hybridized carbons (Fsp3) is 0.280. The number of carbonyl (C=O) groups excluding carboxylic acids is 2. The number of hydrogen-bond donors (Lipinski definition) is 3. The summed E-state index contributed by atoms with van der Waals surface area (Å²) in [5.41, 5.74) is 4.35. The van der Waals surface area contributed by atoms with E-state index in [0.717, 1.165) is 35.1 Å². The lowest BCUT2D eigenvalue weighted by Crippen LogP contribution is -2.46. The van der Waals surface area contributed by atoms with Gasteiger partial charge in [-0.15, -0.1) is 0 Å². The maximum absolute atomic E-state index is 12.9. The number of ether oxygens (including phenoxy) is 1. The molecule has 2 aliphatic rings. The summed E-state index contributed by atoms with van der Waals surface area (Å²) in [6, 6.07) is 15.3. The number of carbonyl (C=O) groups is 3. The molecule has 9 heteroatoms. The fourth-order valence-corrected chi connectivity index (χ4v) is 4.53. The van der Waals surface area contributed by atoms with Crippen molar-refractivity contribution in [3.63, 3.8) is 0 Å². The lowest BCUT2D eigenvalue weighted by Gasteiger charge is -2.19. The summed E-state index contributed by atoms with van der Waals surface area (Å²) in [4.78, 5) is 37.0. The van der Waals surface area contributed by atoms with E-state index in [1.165, 1.54) is 17.9 Å². The number of amides is 2. The number of hydrogen-bond acceptors (Lipinski definition) is 5. The topological polar surface area (TPSA) is 123 Å². The first-order valence-corrected chi connectivity index (χ1v) is 11.1. The Bertz CT molecular complexity index is 1230. The van der Waals surface area contributed by atoms with E-state index in [9.17, 15) is 19.5 Å². The molecule has 0 aliphatic heterocycles. The second kappa shape index (κ2) is 8.66. The zero-order valence-electron chi connectivity index (χ0n) is 18.5. The fourth-order valence-electron chi connectivity index (χ4n) is 4.53. The monoisotopic (exact) mass is 460 g/mol. The van der Waals surface area contributed by atoms with Gasteiger partial charge in [0.15, 0.2) is 0 Å². The Hall–Kier alpha value is -4.14. The minimum absolute atomic E-state index is 0.0259. The van der Waals surface area contributed by atoms with Gasteiger partial charge >= 0.3 is 12.1 Å². The number of rotatable bonds is 7. The Morgan fingerprint density at radius 3 is 2.29 bits per heavy atom. The van der Waals surface area contributed by atoms with Crippen molar-refractivity contribution in [3.05, 3.63) is 71.4 Å². The van der Waals surface area contributed by atoms with Crippen LogP contribution in [0.5, 0.6) is 0 Å². The molecule has 2 aliphatic carbocycles. The molecule has 1 heterocycles. The Balaban J connectivity index is 1.26. The molecule has 174 valence electrons. The molecule has 3 N–H and O–H groups in total. The van der Waals surface area contributed by atoms with Crippen molar-refractivity contribution in [2.45, 2.75) is 24.8 Å². The van der Waals surface area contributed by atoms with E-state index in [2.05, 4.69) is 27.9 Å². The van der Waals surface area contributed by atoms with Crippen molar-refractivity contribution in [1.82, 2.24) is 15.1 Å². The second-order valence-electron chi connectivity index (χ2n) is 8.61. The van der Waals surface area contributed by atoms with Crippen LogP contribution in [0.4, 0.5) is 10.6 Å². The highest BCUT2D eigenvalue weighted by Gasteiger charge is 2.39. The largest absolute Gasteiger partial charge is 0.477 e. The van der Waals surface area contributed by atoms with Crippen LogP contribution in [-0.2, 0) is 16.6 Å². The number of aromatic nitrogens is 2. The third-order valence-corrected chi connectivity index (χ3v) is 6.40. The van der Waals surface area contributed by atoms with Crippen molar-refractivity contribution >= 4 is 23.8 Å². The molecule has 1 unspecified atom stereocenters. The van der Waals surface area contributed by atoms with Gasteiger partial charge in [0, 0.05) is 13.0 Å². The summed E-state index contributed by atoms with van der Waals surface area (Å²) in [6.07, 6.45) is 2.07. The number of nitrogens with zero attached hydrogens (tertiary/aromatic N) is 2. The molecule has 2 amide bonds. The third kappa shape index (κ3) is 4.00. The van der Waals surface area contributed by atoms with Gasteiger partial charge in [0.05, 0.1) is 6.20 Å². The summed E-state index contributed by atoms with van der Waals surface area (Å²) in [5, 5.41) is 18.5. The third-order valence-electron chi connectivity index (χ3n) is 6.40. The number of alkyl carbamates (subject to hydrolysis) is 1. The molecule has 0 bridgehead atoms. The molecular formula is C25H24N4O5. The van der Waals surface area contributed by atoms with Crippen molar-refractivity contribution < 1.29 is 24.2 Å². The molecule has 1 fully saturated rings. The maximum atomic E-state index is 12.9. The normalized spacial score (nSPS) is 15.2. The molecule has 3 aromatic rings. The number of aryl methyl sites for hydroxylation is 1. The molecule has 34 heavy (non-hydrogen) atoms. The number of benzene rings is 2. The van der Waals surface area contributed by atoms with E-state index in [4.69, 9.17) is 4.74 Å². The number of carboxylic acid groups (broad SMARTS) is 1. The first-order valence-electron chi connectivity index (χ1n) is 11.1. The lowest BCUT2D eigenvalue weighted by molar-refractivity contribution is -0.118. The van der Waals surface area contributed by atoms with Crippen molar-refractivity contribution in [3.8, 4) is 11.1 Å². The minimum Gasteiger partial charge on any atom is -0.477 e. The van der Waals surface area contributed by atoms with Crippen LogP contribution in [0.15, 0.2) is 54.7 Å². The zero-order chi connectivity index (χ0) is 23.8. The number of fused-ring (bicyclic) bond motifs is 3. The van der Waals surface area contributed by atoms with Gasteiger partial charge < -0.3 is 20.5 Å². The van der Waals surface area contributed by atoms with Crippen molar-refractivity contribution in [2.75, 3.05) is 11.9 Å². The van der Waals surface area contributed by atoms with Gasteiger partial charge in [0.25, 0.3) is 0 Å². The molecule has 1 atom stereocenters. The molecule has 2 aromatic carbocycles. The van der Waals surface area contributed by atoms with Crippen LogP contribution in [0.1, 0.15) is 40.2 Å². The van der Waals surface area contributed by atoms with E-state index in [1.54, 1.807) is 0 Å². The van der Waals surface area contributed by atoms with E-state index in [0.29, 0.717) is 0 Å². The number of carboxylic acids is 1. The number of aromatic carboxylic acids is 1. The smallest absolute Gasteiger partial charge is 0.407 e. The predicted octanol–water partition coefficient (Wildman–Crippen LogP) is 3.37. The van der Waals surface area contributed by atoms with E-state index >= 15 is 0 Å². The van der Waals surface area contributed by atoms with E-state index in [-0.39, 0.29) is 29.8 Å². The number of nitrogens with one attached hydrogen (secondary N) is 2. The molecule has 0 saturated heterocycles. The Morgan fingerprint density at radius 1 is 1.09 bits per heavy atom. The first-order chi connectivity index (χ1) is 16.4. The van der Waals surface area contributed by atoms with Crippen LogP contribution >= 0.6 is 0 Å². The van der Waals surface area contributed by atoms with Gasteiger partial charge in [-0.3, -0.25) is 9.48 Å². The van der Waals surface area contributed by atoms with Crippen LogP contribution in [0.3, 0.4) is 0 Å². The first kappa shape index (κ1) is 21.7. The predicted molar refractivity (Wildman–Crippen MR) is 124 cm³/mol. The van der Waals surface area contributed by atoms with E-state index < -0.39 is 24.0 Å². The molecule has 0 radical (unpaired) electrons. The Morgan fingerprint density at radius 2 is 1.71 bits per heavy atom. The van der Waals surface area contributed by atoms with Gasteiger partial charge in [-0.05, 0) is 41.0 Å². The number of anilines is 1. The van der Waals surface area contributed by atoms with Gasteiger partial charge in [-0.25, -0.2) is 9.59 Å². The highest BCUT2D eigenvalue weighted by Crippen LogP contribution is 2.44. The van der Waals surface area contributed by atoms with Crippen LogP contribution in [0.25, 0.3) is 11.1 Å². The summed E-state index contributed by atoms with van der Waals surface area (Å²) in [5.74, 6) is -1.74. The van der Waals surface area contributed by atoms with Gasteiger partial charge in [0.2, 0.25) is 5.91 Å². The van der Waals surface area contributed by atoms with Crippen molar-refractivity contribution in [2.24, 2.45) is 13.0 Å². The molecule has 9 nitrogen and oxygen atoms in total. The Labute approximate surface area is 195 Å². The molecule has 0 spiro atoms. The average Bonchev–Trinajstić information content (AvgIpc) is 3.54. The molecular weight excluding hydrogens is 436 g/mol. The highest BCUT2D eigenvalue weighted by molar-refractivity contribution is 6.02. The summed E-state index contributed by atoms with van der Waals surface area (Å²) >= 11 is 0. The van der Waals surface area contributed by atoms with Crippen LogP contribution in [0, 0.1) is 5.92 Å². The lowest BCUT2D eigenvalue weighted by atomic mass is 9.98. The summed E-state index contributed by atoms with van der Waals surface area (Å²) < 4.78 is 6.85. The van der Waals surface area contributed by atoms with Crippen LogP contribution in [0.2, 0.25) is 0 Å².